The molecule has 3 aliphatic heterocycles. The van der Waals surface area contributed by atoms with E-state index in [1.54, 1.807) is 4.90 Å². The van der Waals surface area contributed by atoms with Gasteiger partial charge < -0.3 is 44.2 Å². The van der Waals surface area contributed by atoms with E-state index in [0.29, 0.717) is 94.1 Å². The van der Waals surface area contributed by atoms with Crippen LogP contribution in [0.25, 0.3) is 5.76 Å². The van der Waals surface area contributed by atoms with Crippen LogP contribution >= 0.6 is 0 Å². The van der Waals surface area contributed by atoms with Gasteiger partial charge in [-0.3, -0.25) is 4.90 Å². The van der Waals surface area contributed by atoms with Gasteiger partial charge >= 0.3 is 12.2 Å². The maximum absolute atomic E-state index is 13.3. The van der Waals surface area contributed by atoms with E-state index in [9.17, 15) is 20.1 Å². The first kappa shape index (κ1) is 38.6. The predicted molar refractivity (Wildman–Crippen MR) is 205 cm³/mol. The Hall–Kier alpha value is -3.65. The molecule has 298 valence electrons. The third-order valence-electron chi connectivity index (χ3n) is 12.1. The lowest BCUT2D eigenvalue weighted by molar-refractivity contribution is -0.236. The van der Waals surface area contributed by atoms with Crippen molar-refractivity contribution in [3.8, 4) is 0 Å². The molecule has 7 rings (SSSR count). The van der Waals surface area contributed by atoms with Crippen molar-refractivity contribution in [1.29, 1.82) is 5.41 Å². The minimum atomic E-state index is -0.829. The minimum Gasteiger partial charge on any atom is -0.505 e. The number of ether oxygens (including phenoxy) is 4. The third kappa shape index (κ3) is 7.36. The summed E-state index contributed by atoms with van der Waals surface area (Å²) in [5.41, 5.74) is -0.806. The SMILES string of the molecule is C[C@H]1CN(C(=O)OC(C)(C)C)CCCN1c1nc(/C(O)=C2\CCC[C@@]3(CCCCC34OCCO4)C2=N)cc(N2CCN(C(=O)OC(C)(C)C)C3(CC3)C2)n1. The van der Waals surface area contributed by atoms with Gasteiger partial charge in [0, 0.05) is 69.1 Å². The van der Waals surface area contributed by atoms with Gasteiger partial charge in [-0.2, -0.15) is 4.98 Å². The Morgan fingerprint density at radius 1 is 0.870 bits per heavy atom. The van der Waals surface area contributed by atoms with Gasteiger partial charge in [0.25, 0.3) is 0 Å². The summed E-state index contributed by atoms with van der Waals surface area (Å²) in [6, 6.07) is 1.70. The van der Waals surface area contributed by atoms with Crippen molar-refractivity contribution in [2.45, 2.75) is 141 Å². The number of nitrogens with one attached hydrogen (secondary N) is 1. The molecule has 2 N–H and O–H groups in total. The molecule has 0 bridgehead atoms. The van der Waals surface area contributed by atoms with Gasteiger partial charge in [0.15, 0.2) is 5.79 Å². The van der Waals surface area contributed by atoms with Gasteiger partial charge in [-0.15, -0.1) is 0 Å². The number of fused-ring (bicyclic) bond motifs is 1. The highest BCUT2D eigenvalue weighted by molar-refractivity contribution is 6.08. The molecule has 6 fully saturated rings. The van der Waals surface area contributed by atoms with Gasteiger partial charge in [0.1, 0.15) is 28.5 Å². The fourth-order valence-electron chi connectivity index (χ4n) is 9.35. The summed E-state index contributed by atoms with van der Waals surface area (Å²) < 4.78 is 24.2. The molecular formula is C40H61N7O7. The highest BCUT2D eigenvalue weighted by atomic mass is 16.7. The van der Waals surface area contributed by atoms with Crippen LogP contribution in [0.5, 0.6) is 0 Å². The summed E-state index contributed by atoms with van der Waals surface area (Å²) >= 11 is 0. The number of aliphatic hydroxyl groups is 1. The smallest absolute Gasteiger partial charge is 0.410 e. The zero-order chi connectivity index (χ0) is 38.7. The fourth-order valence-corrected chi connectivity index (χ4v) is 9.35. The first-order valence-electron chi connectivity index (χ1n) is 20.1. The molecule has 3 spiro atoms. The molecule has 0 radical (unpaired) electrons. The molecule has 2 amide bonds. The van der Waals surface area contributed by atoms with Crippen LogP contribution < -0.4 is 9.80 Å². The van der Waals surface area contributed by atoms with Crippen LogP contribution in [0, 0.1) is 10.8 Å². The van der Waals surface area contributed by atoms with Crippen molar-refractivity contribution in [2.24, 2.45) is 5.41 Å². The van der Waals surface area contributed by atoms with Crippen molar-refractivity contribution in [2.75, 3.05) is 62.3 Å². The highest BCUT2D eigenvalue weighted by Crippen LogP contribution is 2.57. The van der Waals surface area contributed by atoms with Crippen molar-refractivity contribution in [1.82, 2.24) is 19.8 Å². The molecule has 0 aromatic carbocycles. The number of hydrogen-bond acceptors (Lipinski definition) is 12. The van der Waals surface area contributed by atoms with Crippen LogP contribution in [0.3, 0.4) is 0 Å². The summed E-state index contributed by atoms with van der Waals surface area (Å²) in [5, 5.41) is 22.0. The summed E-state index contributed by atoms with van der Waals surface area (Å²) in [6.45, 7) is 17.5. The lowest BCUT2D eigenvalue weighted by atomic mass is 9.59. The quantitative estimate of drug-likeness (QED) is 0.318. The molecule has 0 unspecified atom stereocenters. The Labute approximate surface area is 320 Å². The van der Waals surface area contributed by atoms with Gasteiger partial charge in [0.05, 0.1) is 24.2 Å². The van der Waals surface area contributed by atoms with Crippen molar-refractivity contribution >= 4 is 35.4 Å². The van der Waals surface area contributed by atoms with E-state index in [2.05, 4.69) is 16.7 Å². The number of anilines is 2. The highest BCUT2D eigenvalue weighted by Gasteiger charge is 2.61. The molecule has 6 aliphatic rings. The summed E-state index contributed by atoms with van der Waals surface area (Å²) in [5.74, 6) is 0.283. The summed E-state index contributed by atoms with van der Waals surface area (Å²) in [7, 11) is 0. The van der Waals surface area contributed by atoms with E-state index < -0.39 is 22.4 Å². The topological polar surface area (TPSA) is 154 Å². The van der Waals surface area contributed by atoms with Gasteiger partial charge in [-0.1, -0.05) is 6.42 Å². The number of rotatable bonds is 3. The van der Waals surface area contributed by atoms with Crippen LogP contribution in [0.4, 0.5) is 21.4 Å². The number of carbonyl (C=O) groups excluding carboxylic acids is 2. The molecule has 3 saturated carbocycles. The summed E-state index contributed by atoms with van der Waals surface area (Å²) in [4.78, 5) is 44.6. The molecule has 2 atom stereocenters. The average Bonchev–Trinajstić information content (AvgIpc) is 3.75. The van der Waals surface area contributed by atoms with Crippen LogP contribution in [0.15, 0.2) is 11.6 Å². The van der Waals surface area contributed by atoms with Gasteiger partial charge in [-0.25, -0.2) is 14.6 Å². The lowest BCUT2D eigenvalue weighted by Crippen LogP contribution is -2.58. The van der Waals surface area contributed by atoms with Crippen LogP contribution in [0.1, 0.15) is 118 Å². The Morgan fingerprint density at radius 3 is 2.22 bits per heavy atom. The van der Waals surface area contributed by atoms with Crippen LogP contribution in [0.2, 0.25) is 0 Å². The van der Waals surface area contributed by atoms with Crippen molar-refractivity contribution < 1.29 is 33.6 Å². The van der Waals surface area contributed by atoms with E-state index >= 15 is 0 Å². The predicted octanol–water partition coefficient (Wildman–Crippen LogP) is 6.68. The number of nitrogens with zero attached hydrogens (tertiary/aromatic N) is 6. The first-order valence-corrected chi connectivity index (χ1v) is 20.1. The molecule has 14 heteroatoms. The molecule has 1 aromatic rings. The maximum Gasteiger partial charge on any atom is 0.410 e. The molecular weight excluding hydrogens is 690 g/mol. The maximum atomic E-state index is 13.3. The number of amides is 2. The molecule has 1 aromatic heterocycles. The van der Waals surface area contributed by atoms with E-state index in [1.165, 1.54) is 0 Å². The second-order valence-corrected chi connectivity index (χ2v) is 18.3. The van der Waals surface area contributed by atoms with E-state index in [-0.39, 0.29) is 29.5 Å². The number of hydrogen-bond donors (Lipinski definition) is 2. The number of carbonyl (C=O) groups is 2. The standard InChI is InChI=1S/C40H61N7O7/c1-27-25-44(34(49)53-36(2,3)4)18-11-19-46(27)33-42-29(24-30(43-33)45-20-21-47(38(26-45)16-17-38)35(50)54-37(5,6)7)31(48)28-12-10-14-39(32(28)41)13-8-9-15-40(39)51-22-23-52-40/h24,27,41,48H,8-23,25-26H2,1-7H3/b31-28-,41-32?/t27-,39-/m0/s1. The zero-order valence-corrected chi connectivity index (χ0v) is 33.5. The summed E-state index contributed by atoms with van der Waals surface area (Å²) in [6.07, 6.45) is 7.44. The number of piperazine rings is 1. The second kappa shape index (κ2) is 14.1. The van der Waals surface area contributed by atoms with Crippen LogP contribution in [-0.4, -0.2) is 124 Å². The van der Waals surface area contributed by atoms with E-state index in [0.717, 1.165) is 51.4 Å². The Morgan fingerprint density at radius 2 is 1.54 bits per heavy atom. The molecule has 3 saturated heterocycles. The number of aliphatic hydroxyl groups excluding tert-OH is 1. The zero-order valence-electron chi connectivity index (χ0n) is 33.5. The number of allylic oxidation sites excluding steroid dienone is 1. The Balaban J connectivity index is 1.24. The third-order valence-corrected chi connectivity index (χ3v) is 12.1. The monoisotopic (exact) mass is 751 g/mol. The Bertz CT molecular complexity index is 1650. The first-order chi connectivity index (χ1) is 25.4. The van der Waals surface area contributed by atoms with Crippen molar-refractivity contribution in [3.63, 3.8) is 0 Å². The second-order valence-electron chi connectivity index (χ2n) is 18.3. The van der Waals surface area contributed by atoms with E-state index in [1.807, 2.05) is 52.5 Å². The molecule has 54 heavy (non-hydrogen) atoms. The van der Waals surface area contributed by atoms with E-state index in [4.69, 9.17) is 28.9 Å². The van der Waals surface area contributed by atoms with Gasteiger partial charge in [-0.05, 0) is 99.8 Å². The normalized spacial score (nSPS) is 28.1. The molecule has 4 heterocycles. The van der Waals surface area contributed by atoms with Crippen LogP contribution in [-0.2, 0) is 18.9 Å². The fraction of sp³-hybridized carbons (Fsp3) is 0.775. The largest absolute Gasteiger partial charge is 0.505 e. The lowest BCUT2D eigenvalue weighted by Gasteiger charge is -2.52. The van der Waals surface area contributed by atoms with Crippen molar-refractivity contribution in [3.05, 3.63) is 17.3 Å². The molecule has 14 nitrogen and oxygen atoms in total. The Kier molecular flexibility index (Phi) is 10.1. The minimum absolute atomic E-state index is 0.00548. The van der Waals surface area contributed by atoms with Gasteiger partial charge in [0.2, 0.25) is 5.95 Å². The average molecular weight is 752 g/mol. The molecule has 3 aliphatic carbocycles. The number of aromatic nitrogens is 2.